The van der Waals surface area contributed by atoms with E-state index in [-0.39, 0.29) is 0 Å². The zero-order valence-corrected chi connectivity index (χ0v) is 10.2. The summed E-state index contributed by atoms with van der Waals surface area (Å²) >= 11 is 0. The van der Waals surface area contributed by atoms with Crippen molar-refractivity contribution in [2.45, 2.75) is 19.8 Å². The molecule has 1 aromatic carbocycles. The van der Waals surface area contributed by atoms with Gasteiger partial charge >= 0.3 is 5.97 Å². The number of rotatable bonds is 4. The lowest BCUT2D eigenvalue weighted by Crippen LogP contribution is -2.10. The molecule has 17 heavy (non-hydrogen) atoms. The molecule has 0 bridgehead atoms. The van der Waals surface area contributed by atoms with E-state index in [1.54, 1.807) is 12.1 Å². The molecule has 0 unspecified atom stereocenters. The van der Waals surface area contributed by atoms with Crippen LogP contribution < -0.4 is 10.5 Å². The van der Waals surface area contributed by atoms with Gasteiger partial charge in [-0.1, -0.05) is 0 Å². The SMILES string of the molecule is COC(=O)c1cc(C)cc(N)c1OCC1CC1. The number of methoxy groups -OCH3 is 1. The molecule has 0 saturated heterocycles. The van der Waals surface area contributed by atoms with Crippen molar-refractivity contribution in [2.24, 2.45) is 5.92 Å². The van der Waals surface area contributed by atoms with Crippen LogP contribution in [-0.4, -0.2) is 19.7 Å². The Morgan fingerprint density at radius 3 is 2.76 bits per heavy atom. The summed E-state index contributed by atoms with van der Waals surface area (Å²) in [5.74, 6) is 0.654. The number of ether oxygens (including phenoxy) is 2. The topological polar surface area (TPSA) is 61.5 Å². The number of carbonyl (C=O) groups excluding carboxylic acids is 1. The first-order valence-electron chi connectivity index (χ1n) is 5.73. The molecule has 1 aliphatic rings. The van der Waals surface area contributed by atoms with Gasteiger partial charge in [-0.2, -0.15) is 0 Å². The number of hydrogen-bond acceptors (Lipinski definition) is 4. The van der Waals surface area contributed by atoms with Crippen molar-refractivity contribution in [3.05, 3.63) is 23.3 Å². The molecular formula is C13H17NO3. The van der Waals surface area contributed by atoms with E-state index in [0.717, 1.165) is 5.56 Å². The maximum Gasteiger partial charge on any atom is 0.341 e. The number of nitrogen functional groups attached to an aromatic ring is 1. The average molecular weight is 235 g/mol. The Morgan fingerprint density at radius 1 is 1.47 bits per heavy atom. The highest BCUT2D eigenvalue weighted by molar-refractivity contribution is 5.94. The summed E-state index contributed by atoms with van der Waals surface area (Å²) in [6.07, 6.45) is 2.39. The van der Waals surface area contributed by atoms with Crippen LogP contribution in [0.4, 0.5) is 5.69 Å². The largest absolute Gasteiger partial charge is 0.490 e. The van der Waals surface area contributed by atoms with Crippen LogP contribution in [0.5, 0.6) is 5.75 Å². The number of aryl methyl sites for hydroxylation is 1. The molecule has 0 aliphatic heterocycles. The fraction of sp³-hybridized carbons (Fsp3) is 0.462. The van der Waals surface area contributed by atoms with E-state index in [0.29, 0.717) is 29.5 Å². The Labute approximate surface area is 101 Å². The Balaban J connectivity index is 2.28. The van der Waals surface area contributed by atoms with Gasteiger partial charge in [0.1, 0.15) is 5.56 Å². The van der Waals surface area contributed by atoms with Gasteiger partial charge < -0.3 is 15.2 Å². The van der Waals surface area contributed by atoms with Crippen molar-refractivity contribution in [3.8, 4) is 5.75 Å². The summed E-state index contributed by atoms with van der Waals surface area (Å²) in [7, 11) is 1.35. The lowest BCUT2D eigenvalue weighted by molar-refractivity contribution is 0.0595. The van der Waals surface area contributed by atoms with Crippen LogP contribution in [0.25, 0.3) is 0 Å². The first-order chi connectivity index (χ1) is 8.11. The predicted octanol–water partition coefficient (Wildman–Crippen LogP) is 2.15. The van der Waals surface area contributed by atoms with Crippen LogP contribution in [0.1, 0.15) is 28.8 Å². The summed E-state index contributed by atoms with van der Waals surface area (Å²) < 4.78 is 10.4. The van der Waals surface area contributed by atoms with Crippen LogP contribution >= 0.6 is 0 Å². The molecule has 1 aromatic rings. The van der Waals surface area contributed by atoms with Crippen LogP contribution in [0.2, 0.25) is 0 Å². The Bertz CT molecular complexity index is 439. The van der Waals surface area contributed by atoms with E-state index >= 15 is 0 Å². The normalized spacial score (nSPS) is 14.5. The number of esters is 1. The van der Waals surface area contributed by atoms with Crippen molar-refractivity contribution in [2.75, 3.05) is 19.5 Å². The van der Waals surface area contributed by atoms with Crippen molar-refractivity contribution < 1.29 is 14.3 Å². The summed E-state index contributed by atoms with van der Waals surface area (Å²) in [4.78, 5) is 11.6. The highest BCUT2D eigenvalue weighted by atomic mass is 16.5. The minimum atomic E-state index is -0.411. The zero-order chi connectivity index (χ0) is 12.4. The van der Waals surface area contributed by atoms with Gasteiger partial charge in [-0.15, -0.1) is 0 Å². The van der Waals surface area contributed by atoms with E-state index < -0.39 is 5.97 Å². The minimum absolute atomic E-state index is 0.408. The van der Waals surface area contributed by atoms with Gasteiger partial charge in [0, 0.05) is 0 Å². The zero-order valence-electron chi connectivity index (χ0n) is 10.2. The van der Waals surface area contributed by atoms with Crippen LogP contribution in [0.15, 0.2) is 12.1 Å². The molecule has 1 aliphatic carbocycles. The molecule has 92 valence electrons. The van der Waals surface area contributed by atoms with Gasteiger partial charge in [-0.05, 0) is 43.4 Å². The van der Waals surface area contributed by atoms with E-state index in [9.17, 15) is 4.79 Å². The number of hydrogen-bond donors (Lipinski definition) is 1. The summed E-state index contributed by atoms with van der Waals surface area (Å²) in [6, 6.07) is 3.54. The minimum Gasteiger partial charge on any atom is -0.490 e. The third kappa shape index (κ3) is 2.70. The molecule has 0 spiro atoms. The van der Waals surface area contributed by atoms with E-state index in [1.807, 2.05) is 6.92 Å². The molecule has 2 rings (SSSR count). The van der Waals surface area contributed by atoms with Gasteiger partial charge in [0.05, 0.1) is 19.4 Å². The van der Waals surface area contributed by atoms with Crippen molar-refractivity contribution in [1.82, 2.24) is 0 Å². The smallest absolute Gasteiger partial charge is 0.341 e. The molecule has 4 heteroatoms. The molecule has 0 heterocycles. The maximum atomic E-state index is 11.6. The van der Waals surface area contributed by atoms with Gasteiger partial charge in [-0.3, -0.25) is 0 Å². The van der Waals surface area contributed by atoms with Gasteiger partial charge in [-0.25, -0.2) is 4.79 Å². The number of nitrogens with two attached hydrogens (primary N) is 1. The quantitative estimate of drug-likeness (QED) is 0.641. The lowest BCUT2D eigenvalue weighted by Gasteiger charge is -2.13. The second kappa shape index (κ2) is 4.65. The summed E-state index contributed by atoms with van der Waals surface area (Å²) in [5, 5.41) is 0. The van der Waals surface area contributed by atoms with Crippen LogP contribution in [0, 0.1) is 12.8 Å². The van der Waals surface area contributed by atoms with Crippen molar-refractivity contribution >= 4 is 11.7 Å². The van der Waals surface area contributed by atoms with Gasteiger partial charge in [0.2, 0.25) is 0 Å². The molecule has 0 radical (unpaired) electrons. The third-order valence-electron chi connectivity index (χ3n) is 2.83. The van der Waals surface area contributed by atoms with Crippen molar-refractivity contribution in [1.29, 1.82) is 0 Å². The Kier molecular flexibility index (Phi) is 3.22. The second-order valence-electron chi connectivity index (χ2n) is 4.48. The summed E-state index contributed by atoms with van der Waals surface area (Å²) in [5.41, 5.74) is 7.71. The molecule has 1 saturated carbocycles. The fourth-order valence-corrected chi connectivity index (χ4v) is 1.71. The summed E-state index contributed by atoms with van der Waals surface area (Å²) in [6.45, 7) is 2.50. The van der Waals surface area contributed by atoms with Crippen LogP contribution in [-0.2, 0) is 4.74 Å². The molecular weight excluding hydrogens is 218 g/mol. The maximum absolute atomic E-state index is 11.6. The average Bonchev–Trinajstić information content (AvgIpc) is 3.09. The molecule has 4 nitrogen and oxygen atoms in total. The highest BCUT2D eigenvalue weighted by Crippen LogP contribution is 2.33. The van der Waals surface area contributed by atoms with Crippen molar-refractivity contribution in [3.63, 3.8) is 0 Å². The van der Waals surface area contributed by atoms with E-state index in [4.69, 9.17) is 15.2 Å². The van der Waals surface area contributed by atoms with Gasteiger partial charge in [0.15, 0.2) is 5.75 Å². The second-order valence-corrected chi connectivity index (χ2v) is 4.48. The Morgan fingerprint density at radius 2 is 2.18 bits per heavy atom. The first kappa shape index (κ1) is 11.8. The fourth-order valence-electron chi connectivity index (χ4n) is 1.71. The molecule has 1 fully saturated rings. The lowest BCUT2D eigenvalue weighted by atomic mass is 10.1. The monoisotopic (exact) mass is 235 g/mol. The number of carbonyl (C=O) groups is 1. The standard InChI is InChI=1S/C13H17NO3/c1-8-5-10(13(15)16-2)12(11(14)6-8)17-7-9-3-4-9/h5-6,9H,3-4,7,14H2,1-2H3. The van der Waals surface area contributed by atoms with E-state index in [1.165, 1.54) is 20.0 Å². The van der Waals surface area contributed by atoms with Crippen LogP contribution in [0.3, 0.4) is 0 Å². The molecule has 0 atom stereocenters. The number of anilines is 1. The van der Waals surface area contributed by atoms with E-state index in [2.05, 4.69) is 0 Å². The first-order valence-corrected chi connectivity index (χ1v) is 5.73. The highest BCUT2D eigenvalue weighted by Gasteiger charge is 2.24. The third-order valence-corrected chi connectivity index (χ3v) is 2.83. The number of benzene rings is 1. The molecule has 0 amide bonds. The Hall–Kier alpha value is -1.71. The predicted molar refractivity (Wildman–Crippen MR) is 65.1 cm³/mol. The molecule has 2 N–H and O–H groups in total. The van der Waals surface area contributed by atoms with Gasteiger partial charge in [0.25, 0.3) is 0 Å². The molecule has 0 aromatic heterocycles.